The van der Waals surface area contributed by atoms with Crippen LogP contribution in [0.1, 0.15) is 31.2 Å². The van der Waals surface area contributed by atoms with Crippen LogP contribution in [0.2, 0.25) is 0 Å². The lowest BCUT2D eigenvalue weighted by molar-refractivity contribution is -0.135. The van der Waals surface area contributed by atoms with Crippen LogP contribution in [-0.2, 0) is 11.3 Å². The number of methoxy groups -OCH3 is 1. The van der Waals surface area contributed by atoms with Crippen LogP contribution in [0, 0.1) is 11.7 Å². The molecule has 116 valence electrons. The van der Waals surface area contributed by atoms with Crippen molar-refractivity contribution >= 4 is 5.91 Å². The Morgan fingerprint density at radius 2 is 2.24 bits per heavy atom. The minimum absolute atomic E-state index is 0.00171. The summed E-state index contributed by atoms with van der Waals surface area (Å²) in [4.78, 5) is 14.1. The summed E-state index contributed by atoms with van der Waals surface area (Å²) >= 11 is 0. The van der Waals surface area contributed by atoms with E-state index < -0.39 is 5.82 Å². The summed E-state index contributed by atoms with van der Waals surface area (Å²) in [6.07, 6.45) is 3.65. The van der Waals surface area contributed by atoms with Crippen molar-refractivity contribution in [3.63, 3.8) is 0 Å². The molecular weight excluding hydrogens is 271 g/mol. The van der Waals surface area contributed by atoms with Crippen molar-refractivity contribution < 1.29 is 13.9 Å². The predicted octanol–water partition coefficient (Wildman–Crippen LogP) is 2.31. The number of ether oxygens (including phenoxy) is 1. The smallest absolute Gasteiger partial charge is 0.225 e. The van der Waals surface area contributed by atoms with E-state index in [9.17, 15) is 9.18 Å². The molecule has 0 bridgehead atoms. The molecule has 5 heteroatoms. The van der Waals surface area contributed by atoms with E-state index >= 15 is 0 Å². The fraction of sp³-hybridized carbons (Fsp3) is 0.562. The number of carbonyl (C=O) groups excluding carboxylic acids is 1. The minimum atomic E-state index is -0.407. The van der Waals surface area contributed by atoms with Crippen LogP contribution in [0.4, 0.5) is 4.39 Å². The second kappa shape index (κ2) is 6.89. The fourth-order valence-corrected chi connectivity index (χ4v) is 2.92. The predicted molar refractivity (Wildman–Crippen MR) is 79.4 cm³/mol. The van der Waals surface area contributed by atoms with Gasteiger partial charge in [0.2, 0.25) is 5.91 Å². The highest BCUT2D eigenvalue weighted by atomic mass is 19.1. The molecule has 2 rings (SSSR count). The first-order valence-corrected chi connectivity index (χ1v) is 7.34. The summed E-state index contributed by atoms with van der Waals surface area (Å²) in [5.74, 6) is -0.0928. The van der Waals surface area contributed by atoms with Crippen LogP contribution < -0.4 is 10.5 Å². The lowest BCUT2D eigenvalue weighted by atomic mass is 9.85. The number of rotatable bonds is 4. The van der Waals surface area contributed by atoms with E-state index in [4.69, 9.17) is 10.5 Å². The van der Waals surface area contributed by atoms with E-state index in [0.717, 1.165) is 31.2 Å². The van der Waals surface area contributed by atoms with Crippen LogP contribution in [0.3, 0.4) is 0 Å². The molecule has 2 atom stereocenters. The summed E-state index contributed by atoms with van der Waals surface area (Å²) in [5.41, 5.74) is 6.69. The topological polar surface area (TPSA) is 55.6 Å². The lowest BCUT2D eigenvalue weighted by Gasteiger charge is -2.29. The zero-order chi connectivity index (χ0) is 15.4. The maximum absolute atomic E-state index is 13.7. The largest absolute Gasteiger partial charge is 0.494 e. The molecule has 0 saturated heterocycles. The number of hydrogen-bond acceptors (Lipinski definition) is 3. The number of nitrogens with zero attached hydrogens (tertiary/aromatic N) is 1. The molecule has 1 aromatic rings. The lowest BCUT2D eigenvalue weighted by Crippen LogP contribution is -2.38. The first kappa shape index (κ1) is 15.8. The highest BCUT2D eigenvalue weighted by molar-refractivity contribution is 5.78. The van der Waals surface area contributed by atoms with Crippen molar-refractivity contribution in [3.8, 4) is 5.75 Å². The van der Waals surface area contributed by atoms with E-state index in [2.05, 4.69) is 0 Å². The number of carbonyl (C=O) groups is 1. The summed E-state index contributed by atoms with van der Waals surface area (Å²) in [5, 5.41) is 0. The first-order chi connectivity index (χ1) is 10.0. The number of nitrogens with two attached hydrogens (primary N) is 1. The van der Waals surface area contributed by atoms with Gasteiger partial charge in [-0.15, -0.1) is 0 Å². The van der Waals surface area contributed by atoms with Gasteiger partial charge in [-0.2, -0.15) is 0 Å². The minimum Gasteiger partial charge on any atom is -0.494 e. The summed E-state index contributed by atoms with van der Waals surface area (Å²) in [7, 11) is 3.19. The number of amides is 1. The van der Waals surface area contributed by atoms with Gasteiger partial charge in [-0.3, -0.25) is 4.79 Å². The van der Waals surface area contributed by atoms with Gasteiger partial charge in [0.05, 0.1) is 7.11 Å². The number of halogens is 1. The molecule has 1 aliphatic carbocycles. The molecule has 0 unspecified atom stereocenters. The van der Waals surface area contributed by atoms with Crippen molar-refractivity contribution in [1.82, 2.24) is 4.90 Å². The average Bonchev–Trinajstić information content (AvgIpc) is 2.46. The van der Waals surface area contributed by atoms with Gasteiger partial charge in [0.15, 0.2) is 11.6 Å². The zero-order valence-corrected chi connectivity index (χ0v) is 12.6. The van der Waals surface area contributed by atoms with Crippen LogP contribution in [-0.4, -0.2) is 31.0 Å². The van der Waals surface area contributed by atoms with Crippen molar-refractivity contribution in [2.24, 2.45) is 11.7 Å². The van der Waals surface area contributed by atoms with Crippen LogP contribution in [0.15, 0.2) is 18.2 Å². The summed E-state index contributed by atoms with van der Waals surface area (Å²) in [6.45, 7) is 0.394. The van der Waals surface area contributed by atoms with E-state index in [1.165, 1.54) is 13.2 Å². The summed E-state index contributed by atoms with van der Waals surface area (Å²) < 4.78 is 18.6. The highest BCUT2D eigenvalue weighted by Gasteiger charge is 2.27. The first-order valence-electron chi connectivity index (χ1n) is 7.34. The zero-order valence-electron chi connectivity index (χ0n) is 12.6. The maximum atomic E-state index is 13.7. The van der Waals surface area contributed by atoms with Gasteiger partial charge in [0.25, 0.3) is 0 Å². The molecule has 1 saturated carbocycles. The molecule has 0 aliphatic heterocycles. The Balaban J connectivity index is 1.98. The standard InChI is InChI=1S/C16H23FN2O2/c1-19(16(20)12-4-3-5-13(18)9-12)10-11-6-7-15(21-2)14(17)8-11/h6-8,12-13H,3-5,9-10,18H2,1-2H3/t12-,13-/m0/s1. The van der Waals surface area contributed by atoms with Gasteiger partial charge in [-0.1, -0.05) is 12.5 Å². The summed E-state index contributed by atoms with van der Waals surface area (Å²) in [6, 6.07) is 4.90. The van der Waals surface area contributed by atoms with E-state index in [1.807, 2.05) is 0 Å². The SMILES string of the molecule is COc1ccc(CN(C)C(=O)[C@H]2CCC[C@H](N)C2)cc1F. The Kier molecular flexibility index (Phi) is 5.17. The van der Waals surface area contributed by atoms with Crippen molar-refractivity contribution in [1.29, 1.82) is 0 Å². The van der Waals surface area contributed by atoms with Crippen LogP contribution in [0.5, 0.6) is 5.75 Å². The molecule has 0 heterocycles. The molecule has 1 amide bonds. The Morgan fingerprint density at radius 1 is 1.48 bits per heavy atom. The fourth-order valence-electron chi connectivity index (χ4n) is 2.92. The second-order valence-electron chi connectivity index (χ2n) is 5.79. The van der Waals surface area contributed by atoms with E-state index in [-0.39, 0.29) is 23.6 Å². The third-order valence-electron chi connectivity index (χ3n) is 4.08. The van der Waals surface area contributed by atoms with E-state index in [0.29, 0.717) is 6.54 Å². The highest BCUT2D eigenvalue weighted by Crippen LogP contribution is 2.25. The molecule has 1 aromatic carbocycles. The molecule has 1 aliphatic rings. The Hall–Kier alpha value is -1.62. The molecule has 0 radical (unpaired) electrons. The Morgan fingerprint density at radius 3 is 2.86 bits per heavy atom. The van der Waals surface area contributed by atoms with Crippen molar-refractivity contribution in [2.45, 2.75) is 38.3 Å². The second-order valence-corrected chi connectivity index (χ2v) is 5.79. The molecular formula is C16H23FN2O2. The van der Waals surface area contributed by atoms with Gasteiger partial charge in [-0.25, -0.2) is 4.39 Å². The van der Waals surface area contributed by atoms with Crippen molar-refractivity contribution in [2.75, 3.05) is 14.2 Å². The van der Waals surface area contributed by atoms with Crippen LogP contribution in [0.25, 0.3) is 0 Å². The molecule has 4 nitrogen and oxygen atoms in total. The van der Waals surface area contributed by atoms with Gasteiger partial charge < -0.3 is 15.4 Å². The molecule has 2 N–H and O–H groups in total. The van der Waals surface area contributed by atoms with Crippen molar-refractivity contribution in [3.05, 3.63) is 29.6 Å². The third kappa shape index (κ3) is 3.94. The van der Waals surface area contributed by atoms with E-state index in [1.54, 1.807) is 24.1 Å². The Labute approximate surface area is 125 Å². The third-order valence-corrected chi connectivity index (χ3v) is 4.08. The number of benzene rings is 1. The normalized spacial score (nSPS) is 21.9. The quantitative estimate of drug-likeness (QED) is 0.927. The number of hydrogen-bond donors (Lipinski definition) is 1. The van der Waals surface area contributed by atoms with Gasteiger partial charge in [-0.05, 0) is 37.0 Å². The molecule has 21 heavy (non-hydrogen) atoms. The molecule has 0 aromatic heterocycles. The van der Waals surface area contributed by atoms with Gasteiger partial charge >= 0.3 is 0 Å². The Bertz CT molecular complexity index is 507. The van der Waals surface area contributed by atoms with Gasteiger partial charge in [0.1, 0.15) is 0 Å². The molecule has 0 spiro atoms. The maximum Gasteiger partial charge on any atom is 0.225 e. The van der Waals surface area contributed by atoms with Crippen LogP contribution >= 0.6 is 0 Å². The molecule has 1 fully saturated rings. The van der Waals surface area contributed by atoms with Gasteiger partial charge in [0, 0.05) is 25.6 Å². The average molecular weight is 294 g/mol. The monoisotopic (exact) mass is 294 g/mol.